The van der Waals surface area contributed by atoms with Gasteiger partial charge in [0.25, 0.3) is 0 Å². The normalized spacial score (nSPS) is 11.7. The van der Waals surface area contributed by atoms with E-state index in [9.17, 15) is 0 Å². The molecule has 2 aromatic carbocycles. The summed E-state index contributed by atoms with van der Waals surface area (Å²) in [6.07, 6.45) is 6.40. The van der Waals surface area contributed by atoms with Crippen LogP contribution in [0.15, 0.2) is 73.1 Å². The minimum Gasteiger partial charge on any atom is -0.405 e. The summed E-state index contributed by atoms with van der Waals surface area (Å²) >= 11 is 0. The predicted octanol–water partition coefficient (Wildman–Crippen LogP) is 4.40. The van der Waals surface area contributed by atoms with Gasteiger partial charge in [-0.1, -0.05) is 42.5 Å². The van der Waals surface area contributed by atoms with Crippen LogP contribution in [-0.2, 0) is 6.42 Å². The monoisotopic (exact) mass is 299 g/mol. The van der Waals surface area contributed by atoms with Crippen LogP contribution in [0.4, 0.5) is 0 Å². The Bertz CT molecular complexity index is 1010. The maximum Gasteiger partial charge on any atom is 0.0734 e. The van der Waals surface area contributed by atoms with Crippen molar-refractivity contribution in [3.63, 3.8) is 0 Å². The molecule has 3 N–H and O–H groups in total. The fourth-order valence-electron chi connectivity index (χ4n) is 3.03. The van der Waals surface area contributed by atoms with Crippen LogP contribution < -0.4 is 5.73 Å². The molecule has 0 aliphatic rings. The van der Waals surface area contributed by atoms with E-state index in [2.05, 4.69) is 41.4 Å². The van der Waals surface area contributed by atoms with E-state index < -0.39 is 0 Å². The molecule has 112 valence electrons. The second-order valence-electron chi connectivity index (χ2n) is 5.56. The lowest BCUT2D eigenvalue weighted by Gasteiger charge is -2.08. The Morgan fingerprint density at radius 2 is 1.78 bits per heavy atom. The van der Waals surface area contributed by atoms with Gasteiger partial charge in [-0.3, -0.25) is 0 Å². The highest BCUT2D eigenvalue weighted by atomic mass is 14.7. The van der Waals surface area contributed by atoms with E-state index in [-0.39, 0.29) is 0 Å². The summed E-state index contributed by atoms with van der Waals surface area (Å²) in [7, 11) is 0. The van der Waals surface area contributed by atoms with E-state index in [1.807, 2.05) is 30.5 Å². The van der Waals surface area contributed by atoms with E-state index in [4.69, 9.17) is 10.7 Å². The van der Waals surface area contributed by atoms with Gasteiger partial charge in [0.05, 0.1) is 11.2 Å². The fourth-order valence-corrected chi connectivity index (χ4v) is 3.03. The molecule has 0 spiro atoms. The summed E-state index contributed by atoms with van der Waals surface area (Å²) in [6, 6.07) is 18.7. The summed E-state index contributed by atoms with van der Waals surface area (Å²) in [6.45, 7) is 0. The molecule has 3 heteroatoms. The minimum atomic E-state index is 0.800. The molecule has 2 heterocycles. The number of rotatable bonds is 3. The van der Waals surface area contributed by atoms with Gasteiger partial charge < -0.3 is 10.7 Å². The van der Waals surface area contributed by atoms with Gasteiger partial charge in [-0.05, 0) is 36.4 Å². The number of nitrogens with one attached hydrogen (secondary N) is 1. The summed E-state index contributed by atoms with van der Waals surface area (Å²) in [5.41, 5.74) is 11.0. The maximum atomic E-state index is 5.53. The molecular weight excluding hydrogens is 282 g/mol. The van der Waals surface area contributed by atoms with Gasteiger partial charge in [0.1, 0.15) is 0 Å². The van der Waals surface area contributed by atoms with Crippen molar-refractivity contribution in [3.8, 4) is 11.3 Å². The van der Waals surface area contributed by atoms with E-state index in [0.717, 1.165) is 28.7 Å². The molecular formula is C20H17N3. The number of benzene rings is 2. The van der Waals surface area contributed by atoms with E-state index >= 15 is 0 Å². The van der Waals surface area contributed by atoms with Gasteiger partial charge in [0.15, 0.2) is 0 Å². The first-order valence-corrected chi connectivity index (χ1v) is 7.69. The Morgan fingerprint density at radius 3 is 2.65 bits per heavy atom. The molecule has 0 fully saturated rings. The van der Waals surface area contributed by atoms with E-state index in [1.165, 1.54) is 16.3 Å². The van der Waals surface area contributed by atoms with Crippen LogP contribution in [0.25, 0.3) is 33.1 Å². The smallest absolute Gasteiger partial charge is 0.0734 e. The first-order chi connectivity index (χ1) is 11.4. The quantitative estimate of drug-likeness (QED) is 0.589. The molecule has 4 rings (SSSR count). The van der Waals surface area contributed by atoms with Gasteiger partial charge >= 0.3 is 0 Å². The van der Waals surface area contributed by atoms with E-state index in [1.54, 1.807) is 6.20 Å². The van der Waals surface area contributed by atoms with Crippen LogP contribution in [0.5, 0.6) is 0 Å². The third kappa shape index (κ3) is 2.36. The van der Waals surface area contributed by atoms with Crippen LogP contribution in [0.3, 0.4) is 0 Å². The van der Waals surface area contributed by atoms with Crippen molar-refractivity contribution < 1.29 is 0 Å². The maximum absolute atomic E-state index is 5.53. The lowest BCUT2D eigenvalue weighted by Crippen LogP contribution is -1.92. The van der Waals surface area contributed by atoms with Crippen molar-refractivity contribution in [1.29, 1.82) is 0 Å². The van der Waals surface area contributed by atoms with Crippen molar-refractivity contribution >= 4 is 21.8 Å². The number of aromatic nitrogens is 2. The number of allylic oxidation sites excluding steroid dienone is 1. The van der Waals surface area contributed by atoms with Crippen molar-refractivity contribution in [1.82, 2.24) is 9.97 Å². The van der Waals surface area contributed by atoms with Crippen LogP contribution in [0.1, 0.15) is 5.56 Å². The summed E-state index contributed by atoms with van der Waals surface area (Å²) in [5.74, 6) is 0. The van der Waals surface area contributed by atoms with Crippen molar-refractivity contribution in [2.45, 2.75) is 6.42 Å². The van der Waals surface area contributed by atoms with Crippen LogP contribution >= 0.6 is 0 Å². The Kier molecular flexibility index (Phi) is 3.31. The fraction of sp³-hybridized carbons (Fsp3) is 0.0500. The second-order valence-corrected chi connectivity index (χ2v) is 5.56. The molecule has 0 saturated carbocycles. The Hall–Kier alpha value is -3.07. The molecule has 0 saturated heterocycles. The van der Waals surface area contributed by atoms with Gasteiger partial charge in [-0.15, -0.1) is 0 Å². The molecule has 2 aromatic heterocycles. The third-order valence-corrected chi connectivity index (χ3v) is 4.14. The SMILES string of the molecule is NC=CCc1cc(-c2c[nH]c3ccccc23)nc2ccccc12. The van der Waals surface area contributed by atoms with Gasteiger partial charge in [0, 0.05) is 28.0 Å². The molecule has 23 heavy (non-hydrogen) atoms. The average molecular weight is 299 g/mol. The Morgan fingerprint density at radius 1 is 1.00 bits per heavy atom. The largest absolute Gasteiger partial charge is 0.405 e. The number of nitrogens with two attached hydrogens (primary N) is 1. The van der Waals surface area contributed by atoms with Gasteiger partial charge in [0.2, 0.25) is 0 Å². The van der Waals surface area contributed by atoms with Crippen molar-refractivity contribution in [3.05, 3.63) is 78.6 Å². The zero-order chi connectivity index (χ0) is 15.6. The van der Waals surface area contributed by atoms with Crippen molar-refractivity contribution in [2.75, 3.05) is 0 Å². The molecule has 0 radical (unpaired) electrons. The zero-order valence-corrected chi connectivity index (χ0v) is 12.7. The summed E-state index contributed by atoms with van der Waals surface area (Å²) < 4.78 is 0. The molecule has 0 atom stereocenters. The minimum absolute atomic E-state index is 0.800. The third-order valence-electron chi connectivity index (χ3n) is 4.14. The molecule has 0 aliphatic heterocycles. The number of nitrogens with zero attached hydrogens (tertiary/aromatic N) is 1. The number of fused-ring (bicyclic) bond motifs is 2. The van der Waals surface area contributed by atoms with Crippen LogP contribution in [0, 0.1) is 0 Å². The second kappa shape index (κ2) is 5.61. The highest BCUT2D eigenvalue weighted by Gasteiger charge is 2.10. The lowest BCUT2D eigenvalue weighted by atomic mass is 10.0. The van der Waals surface area contributed by atoms with Gasteiger partial charge in [-0.25, -0.2) is 4.98 Å². The first-order valence-electron chi connectivity index (χ1n) is 7.69. The Balaban J connectivity index is 1.96. The lowest BCUT2D eigenvalue weighted by molar-refractivity contribution is 1.26. The molecule has 0 amide bonds. The number of para-hydroxylation sites is 2. The topological polar surface area (TPSA) is 54.7 Å². The number of pyridine rings is 1. The molecule has 0 unspecified atom stereocenters. The summed E-state index contributed by atoms with van der Waals surface area (Å²) in [4.78, 5) is 8.18. The number of hydrogen-bond acceptors (Lipinski definition) is 2. The van der Waals surface area contributed by atoms with Crippen LogP contribution in [-0.4, -0.2) is 9.97 Å². The number of H-pyrrole nitrogens is 1. The average Bonchev–Trinajstić information content (AvgIpc) is 3.03. The highest BCUT2D eigenvalue weighted by molar-refractivity contribution is 5.96. The standard InChI is InChI=1S/C20H17N3/c21-11-5-6-14-12-20(23-19-10-4-1-7-15(14)19)17-13-22-18-9-3-2-8-16(17)18/h1-5,7-13,22H,6,21H2. The van der Waals surface area contributed by atoms with Crippen molar-refractivity contribution in [2.24, 2.45) is 5.73 Å². The Labute approximate surface area is 134 Å². The molecule has 0 aliphatic carbocycles. The number of aromatic amines is 1. The highest BCUT2D eigenvalue weighted by Crippen LogP contribution is 2.30. The molecule has 4 aromatic rings. The summed E-state index contributed by atoms with van der Waals surface area (Å²) in [5, 5.41) is 2.37. The predicted molar refractivity (Wildman–Crippen MR) is 96.1 cm³/mol. The van der Waals surface area contributed by atoms with Gasteiger partial charge in [-0.2, -0.15) is 0 Å². The first kappa shape index (κ1) is 13.6. The number of hydrogen-bond donors (Lipinski definition) is 2. The zero-order valence-electron chi connectivity index (χ0n) is 12.7. The van der Waals surface area contributed by atoms with E-state index in [0.29, 0.717) is 0 Å². The molecule has 3 nitrogen and oxygen atoms in total. The van der Waals surface area contributed by atoms with Crippen LogP contribution in [0.2, 0.25) is 0 Å². The molecule has 0 bridgehead atoms.